The number of hydrogen-bond acceptors (Lipinski definition) is 3. The normalized spacial score (nSPS) is 12.4. The largest absolute Gasteiger partial charge is 0.362 e. The van der Waals surface area contributed by atoms with Gasteiger partial charge in [0, 0.05) is 15.5 Å². The lowest BCUT2D eigenvalue weighted by Gasteiger charge is -2.18. The first-order valence-corrected chi connectivity index (χ1v) is 8.28. The average Bonchev–Trinajstić information content (AvgIpc) is 2.85. The second kappa shape index (κ2) is 6.68. The lowest BCUT2D eigenvalue weighted by molar-refractivity contribution is 0.684. The van der Waals surface area contributed by atoms with Gasteiger partial charge in [-0.2, -0.15) is 0 Å². The van der Waals surface area contributed by atoms with Crippen LogP contribution in [-0.4, -0.2) is 4.98 Å². The van der Waals surface area contributed by atoms with E-state index in [1.165, 1.54) is 4.88 Å². The molecule has 0 spiro atoms. The summed E-state index contributed by atoms with van der Waals surface area (Å²) in [6.07, 6.45) is 4.05. The van der Waals surface area contributed by atoms with Gasteiger partial charge in [-0.15, -0.1) is 11.3 Å². The highest BCUT2D eigenvalue weighted by Crippen LogP contribution is 2.30. The molecular weight excluding hydrogens is 376 g/mol. The maximum atomic E-state index is 4.41. The molecule has 0 amide bonds. The topological polar surface area (TPSA) is 24.9 Å². The molecule has 2 aromatic heterocycles. The molecule has 0 aliphatic heterocycles. The molecule has 2 heterocycles. The van der Waals surface area contributed by atoms with Crippen LogP contribution >= 0.6 is 43.2 Å². The number of nitrogens with one attached hydrogen (secondary N) is 1. The summed E-state index contributed by atoms with van der Waals surface area (Å²) in [5, 5.41) is 5.62. The van der Waals surface area contributed by atoms with Crippen molar-refractivity contribution in [1.29, 1.82) is 0 Å². The fourth-order valence-corrected chi connectivity index (χ4v) is 3.66. The summed E-state index contributed by atoms with van der Waals surface area (Å²) in [4.78, 5) is 5.76. The molecular formula is C13H14Br2N2S. The Balaban J connectivity index is 2.18. The van der Waals surface area contributed by atoms with Crippen LogP contribution in [0.25, 0.3) is 0 Å². The van der Waals surface area contributed by atoms with Gasteiger partial charge in [0.25, 0.3) is 0 Å². The molecule has 0 aliphatic carbocycles. The van der Waals surface area contributed by atoms with Gasteiger partial charge in [0.15, 0.2) is 0 Å². The van der Waals surface area contributed by atoms with E-state index in [-0.39, 0.29) is 0 Å². The molecule has 2 nitrogen and oxygen atoms in total. The molecule has 0 saturated carbocycles. The van der Waals surface area contributed by atoms with Gasteiger partial charge in [-0.25, -0.2) is 4.98 Å². The molecule has 96 valence electrons. The van der Waals surface area contributed by atoms with Crippen molar-refractivity contribution in [2.45, 2.75) is 25.8 Å². The highest BCUT2D eigenvalue weighted by atomic mass is 79.9. The van der Waals surface area contributed by atoms with Crippen LogP contribution in [0.4, 0.5) is 5.82 Å². The van der Waals surface area contributed by atoms with Gasteiger partial charge in [-0.05, 0) is 55.8 Å². The number of thiophene rings is 1. The van der Waals surface area contributed by atoms with E-state index in [4.69, 9.17) is 0 Å². The Morgan fingerprint density at radius 2 is 2.28 bits per heavy atom. The summed E-state index contributed by atoms with van der Waals surface area (Å²) in [5.41, 5.74) is 0. The quantitative estimate of drug-likeness (QED) is 0.717. The van der Waals surface area contributed by atoms with Crippen molar-refractivity contribution in [3.63, 3.8) is 0 Å². The van der Waals surface area contributed by atoms with Crippen LogP contribution in [0.15, 0.2) is 38.7 Å². The first-order chi connectivity index (χ1) is 8.70. The van der Waals surface area contributed by atoms with E-state index in [0.29, 0.717) is 6.04 Å². The maximum absolute atomic E-state index is 4.41. The van der Waals surface area contributed by atoms with Gasteiger partial charge in [0.05, 0.1) is 10.5 Å². The number of aromatic nitrogens is 1. The fraction of sp³-hybridized carbons (Fsp3) is 0.308. The predicted molar refractivity (Wildman–Crippen MR) is 85.2 cm³/mol. The molecule has 0 radical (unpaired) electrons. The van der Waals surface area contributed by atoms with Gasteiger partial charge in [-0.1, -0.05) is 19.4 Å². The van der Waals surface area contributed by atoms with Crippen LogP contribution in [-0.2, 0) is 0 Å². The Hall–Kier alpha value is -0.390. The molecule has 2 rings (SSSR count). The number of nitrogens with zero attached hydrogens (tertiary/aromatic N) is 1. The Morgan fingerprint density at radius 1 is 1.44 bits per heavy atom. The van der Waals surface area contributed by atoms with Crippen LogP contribution in [0.3, 0.4) is 0 Å². The number of halogens is 2. The lowest BCUT2D eigenvalue weighted by atomic mass is 10.1. The minimum atomic E-state index is 0.333. The minimum absolute atomic E-state index is 0.333. The zero-order valence-electron chi connectivity index (χ0n) is 9.99. The predicted octanol–water partition coefficient (Wildman–Crippen LogP) is 5.62. The van der Waals surface area contributed by atoms with Gasteiger partial charge >= 0.3 is 0 Å². The highest BCUT2D eigenvalue weighted by molar-refractivity contribution is 9.11. The van der Waals surface area contributed by atoms with E-state index in [1.807, 2.05) is 12.3 Å². The minimum Gasteiger partial charge on any atom is -0.362 e. The number of rotatable bonds is 5. The van der Waals surface area contributed by atoms with Crippen molar-refractivity contribution in [3.8, 4) is 0 Å². The van der Waals surface area contributed by atoms with Crippen LogP contribution in [0.2, 0.25) is 0 Å². The van der Waals surface area contributed by atoms with E-state index >= 15 is 0 Å². The van der Waals surface area contributed by atoms with Gasteiger partial charge in [-0.3, -0.25) is 0 Å². The van der Waals surface area contributed by atoms with E-state index in [9.17, 15) is 0 Å². The van der Waals surface area contributed by atoms with Gasteiger partial charge in [0.2, 0.25) is 0 Å². The molecule has 1 atom stereocenters. The van der Waals surface area contributed by atoms with Crippen LogP contribution < -0.4 is 5.32 Å². The third-order valence-electron chi connectivity index (χ3n) is 2.58. The number of hydrogen-bond donors (Lipinski definition) is 1. The third kappa shape index (κ3) is 3.56. The smallest absolute Gasteiger partial charge is 0.140 e. The standard InChI is InChI=1S/C13H14Br2N2S/c1-2-4-11(12-5-3-6-18-12)17-13-10(15)7-9(14)8-16-13/h3,5-8,11H,2,4H2,1H3,(H,16,17). The Labute approximate surface area is 128 Å². The molecule has 0 bridgehead atoms. The van der Waals surface area contributed by atoms with Crippen LogP contribution in [0.1, 0.15) is 30.7 Å². The number of pyridine rings is 1. The lowest BCUT2D eigenvalue weighted by Crippen LogP contribution is -2.10. The third-order valence-corrected chi connectivity index (χ3v) is 4.61. The molecule has 0 saturated heterocycles. The summed E-state index contributed by atoms with van der Waals surface area (Å²) in [6.45, 7) is 2.20. The molecule has 2 aromatic rings. The molecule has 18 heavy (non-hydrogen) atoms. The van der Waals surface area contributed by atoms with E-state index < -0.39 is 0 Å². The van der Waals surface area contributed by atoms with Crippen molar-refractivity contribution in [3.05, 3.63) is 43.6 Å². The molecule has 1 unspecified atom stereocenters. The molecule has 0 aromatic carbocycles. The van der Waals surface area contributed by atoms with E-state index in [1.54, 1.807) is 11.3 Å². The fourth-order valence-electron chi connectivity index (χ4n) is 1.75. The summed E-state index contributed by atoms with van der Waals surface area (Å²) in [6, 6.07) is 6.60. The SMILES string of the molecule is CCCC(Nc1ncc(Br)cc1Br)c1cccs1. The second-order valence-corrected chi connectivity index (χ2v) is 6.73. The van der Waals surface area contributed by atoms with Crippen LogP contribution in [0.5, 0.6) is 0 Å². The zero-order valence-corrected chi connectivity index (χ0v) is 14.0. The summed E-state index contributed by atoms with van der Waals surface area (Å²) < 4.78 is 1.96. The zero-order chi connectivity index (χ0) is 13.0. The second-order valence-electron chi connectivity index (χ2n) is 3.98. The highest BCUT2D eigenvalue weighted by Gasteiger charge is 2.13. The molecule has 0 fully saturated rings. The summed E-state index contributed by atoms with van der Waals surface area (Å²) in [5.74, 6) is 0.894. The first-order valence-electron chi connectivity index (χ1n) is 5.81. The van der Waals surface area contributed by atoms with Gasteiger partial charge < -0.3 is 5.32 Å². The summed E-state index contributed by atoms with van der Waals surface area (Å²) >= 11 is 8.74. The summed E-state index contributed by atoms with van der Waals surface area (Å²) in [7, 11) is 0. The van der Waals surface area contributed by atoms with Crippen molar-refractivity contribution in [1.82, 2.24) is 4.98 Å². The maximum Gasteiger partial charge on any atom is 0.140 e. The monoisotopic (exact) mass is 388 g/mol. The Kier molecular flexibility index (Phi) is 5.21. The van der Waals surface area contributed by atoms with Gasteiger partial charge in [0.1, 0.15) is 5.82 Å². The number of anilines is 1. The van der Waals surface area contributed by atoms with Crippen molar-refractivity contribution in [2.24, 2.45) is 0 Å². The van der Waals surface area contributed by atoms with E-state index in [2.05, 4.69) is 66.6 Å². The van der Waals surface area contributed by atoms with Crippen LogP contribution in [0, 0.1) is 0 Å². The molecule has 0 aliphatic rings. The van der Waals surface area contributed by atoms with Crippen molar-refractivity contribution >= 4 is 49.0 Å². The average molecular weight is 390 g/mol. The Bertz CT molecular complexity index is 500. The Morgan fingerprint density at radius 3 is 2.89 bits per heavy atom. The molecule has 5 heteroatoms. The molecule has 1 N–H and O–H groups in total. The van der Waals surface area contributed by atoms with E-state index in [0.717, 1.165) is 27.6 Å². The van der Waals surface area contributed by atoms with Crippen molar-refractivity contribution in [2.75, 3.05) is 5.32 Å². The first kappa shape index (κ1) is 14.0. The van der Waals surface area contributed by atoms with Crippen molar-refractivity contribution < 1.29 is 0 Å².